The van der Waals surface area contributed by atoms with Crippen LogP contribution in [0.1, 0.15) is 63.7 Å². The molecular formula is C23H35ClFIN6. The Morgan fingerprint density at radius 1 is 1.22 bits per heavy atom. The van der Waals surface area contributed by atoms with Gasteiger partial charge in [-0.25, -0.2) is 4.39 Å². The van der Waals surface area contributed by atoms with E-state index in [1.165, 1.54) is 31.4 Å². The zero-order valence-corrected chi connectivity index (χ0v) is 22.3. The van der Waals surface area contributed by atoms with E-state index in [0.29, 0.717) is 11.6 Å². The third kappa shape index (κ3) is 7.30. The molecule has 178 valence electrons. The van der Waals surface area contributed by atoms with Gasteiger partial charge in [-0.3, -0.25) is 4.99 Å². The van der Waals surface area contributed by atoms with Crippen LogP contribution < -0.4 is 10.6 Å². The van der Waals surface area contributed by atoms with Crippen molar-refractivity contribution >= 4 is 41.5 Å². The van der Waals surface area contributed by atoms with Crippen LogP contribution in [0.4, 0.5) is 4.39 Å². The van der Waals surface area contributed by atoms with Crippen molar-refractivity contribution in [3.8, 4) is 0 Å². The Morgan fingerprint density at radius 2 is 2.03 bits per heavy atom. The van der Waals surface area contributed by atoms with Crippen molar-refractivity contribution in [1.29, 1.82) is 0 Å². The third-order valence-corrected chi connectivity index (χ3v) is 6.01. The topological polar surface area (TPSA) is 67.1 Å². The first kappa shape index (κ1) is 26.8. The summed E-state index contributed by atoms with van der Waals surface area (Å²) in [6, 6.07) is 4.55. The molecule has 0 unspecified atom stereocenters. The van der Waals surface area contributed by atoms with E-state index in [1.54, 1.807) is 6.07 Å². The van der Waals surface area contributed by atoms with E-state index in [9.17, 15) is 4.39 Å². The van der Waals surface area contributed by atoms with Crippen molar-refractivity contribution in [2.24, 2.45) is 4.99 Å². The zero-order valence-electron chi connectivity index (χ0n) is 19.3. The van der Waals surface area contributed by atoms with Crippen LogP contribution in [0.2, 0.25) is 5.02 Å². The summed E-state index contributed by atoms with van der Waals surface area (Å²) < 4.78 is 15.7. The number of hydrogen-bond donors (Lipinski definition) is 2. The summed E-state index contributed by atoms with van der Waals surface area (Å²) in [5.74, 6) is 2.67. The van der Waals surface area contributed by atoms with Gasteiger partial charge in [0, 0.05) is 42.9 Å². The fourth-order valence-electron chi connectivity index (χ4n) is 3.93. The molecular weight excluding hydrogens is 542 g/mol. The fraction of sp³-hybridized carbons (Fsp3) is 0.609. The maximum absolute atomic E-state index is 13.4. The monoisotopic (exact) mass is 576 g/mol. The van der Waals surface area contributed by atoms with Crippen LogP contribution in [0.25, 0.3) is 0 Å². The first-order valence-corrected chi connectivity index (χ1v) is 11.7. The predicted octanol–water partition coefficient (Wildman–Crippen LogP) is 4.88. The normalized spacial score (nSPS) is 14.3. The average molecular weight is 577 g/mol. The molecule has 32 heavy (non-hydrogen) atoms. The molecule has 3 rings (SSSR count). The molecule has 2 N–H and O–H groups in total. The van der Waals surface area contributed by atoms with Gasteiger partial charge in [-0.2, -0.15) is 0 Å². The van der Waals surface area contributed by atoms with Gasteiger partial charge in [0.15, 0.2) is 5.96 Å². The first-order valence-electron chi connectivity index (χ1n) is 11.3. The van der Waals surface area contributed by atoms with Gasteiger partial charge in [-0.1, -0.05) is 37.9 Å². The second-order valence-corrected chi connectivity index (χ2v) is 9.14. The molecule has 1 aromatic carbocycles. The predicted molar refractivity (Wildman–Crippen MR) is 140 cm³/mol. The molecule has 0 saturated carbocycles. The minimum atomic E-state index is -0.326. The number of hydrogen-bond acceptors (Lipinski definition) is 3. The van der Waals surface area contributed by atoms with Gasteiger partial charge < -0.3 is 15.2 Å². The minimum Gasteiger partial charge on any atom is -0.357 e. The van der Waals surface area contributed by atoms with Crippen molar-refractivity contribution in [2.45, 2.75) is 71.3 Å². The molecule has 0 atom stereocenters. The summed E-state index contributed by atoms with van der Waals surface area (Å²) in [5, 5.41) is 15.9. The Kier molecular flexibility index (Phi) is 10.7. The molecule has 9 heteroatoms. The standard InChI is InChI=1S/C23H34ClFN6.HI/c1-4-26-22(28-16-23(2,3)18-12-11-17(25)15-19(18)24)27-13-8-10-21-30-29-20-9-6-5-7-14-31(20)21;/h11-12,15H,4-10,13-14,16H2,1-3H3,(H2,26,27,28);1H. The number of aromatic nitrogens is 3. The quantitative estimate of drug-likeness (QED) is 0.203. The third-order valence-electron chi connectivity index (χ3n) is 5.69. The number of nitrogens with zero attached hydrogens (tertiary/aromatic N) is 4. The van der Waals surface area contributed by atoms with Crippen LogP contribution in [-0.4, -0.2) is 40.4 Å². The van der Waals surface area contributed by atoms with Gasteiger partial charge in [0.1, 0.15) is 17.5 Å². The Morgan fingerprint density at radius 3 is 2.78 bits per heavy atom. The van der Waals surface area contributed by atoms with Gasteiger partial charge in [0.05, 0.1) is 6.54 Å². The lowest BCUT2D eigenvalue weighted by Crippen LogP contribution is -2.39. The highest BCUT2D eigenvalue weighted by molar-refractivity contribution is 14.0. The number of rotatable bonds is 8. The number of aliphatic imine (C=N–C) groups is 1. The van der Waals surface area contributed by atoms with Crippen molar-refractivity contribution in [3.63, 3.8) is 0 Å². The summed E-state index contributed by atoms with van der Waals surface area (Å²) in [6.07, 6.45) is 6.58. The van der Waals surface area contributed by atoms with Crippen LogP contribution in [0.15, 0.2) is 23.2 Å². The number of halogens is 3. The van der Waals surface area contributed by atoms with Crippen LogP contribution in [0, 0.1) is 5.82 Å². The summed E-state index contributed by atoms with van der Waals surface area (Å²) in [5.41, 5.74) is 0.578. The maximum Gasteiger partial charge on any atom is 0.191 e. The molecule has 1 aliphatic rings. The van der Waals surface area contributed by atoms with Crippen LogP contribution in [0.3, 0.4) is 0 Å². The highest BCUT2D eigenvalue weighted by Gasteiger charge is 2.23. The van der Waals surface area contributed by atoms with Gasteiger partial charge in [0.25, 0.3) is 0 Å². The second-order valence-electron chi connectivity index (χ2n) is 8.73. The van der Waals surface area contributed by atoms with E-state index in [2.05, 4.69) is 39.2 Å². The van der Waals surface area contributed by atoms with Gasteiger partial charge in [0.2, 0.25) is 0 Å². The molecule has 0 spiro atoms. The number of benzene rings is 1. The molecule has 6 nitrogen and oxygen atoms in total. The molecule has 2 heterocycles. The molecule has 1 aliphatic heterocycles. The summed E-state index contributed by atoms with van der Waals surface area (Å²) in [7, 11) is 0. The van der Waals surface area contributed by atoms with Crippen molar-refractivity contribution in [3.05, 3.63) is 46.3 Å². The van der Waals surface area contributed by atoms with Gasteiger partial charge in [-0.05, 0) is 43.9 Å². The lowest BCUT2D eigenvalue weighted by atomic mass is 9.84. The van der Waals surface area contributed by atoms with Gasteiger partial charge >= 0.3 is 0 Å². The number of fused-ring (bicyclic) bond motifs is 1. The average Bonchev–Trinajstić information content (AvgIpc) is 2.95. The van der Waals surface area contributed by atoms with Crippen molar-refractivity contribution in [2.75, 3.05) is 19.6 Å². The molecule has 0 aliphatic carbocycles. The van der Waals surface area contributed by atoms with E-state index in [0.717, 1.165) is 62.1 Å². The summed E-state index contributed by atoms with van der Waals surface area (Å²) in [6.45, 7) is 9.33. The maximum atomic E-state index is 13.4. The largest absolute Gasteiger partial charge is 0.357 e. The minimum absolute atomic E-state index is 0. The Labute approximate surface area is 212 Å². The van der Waals surface area contributed by atoms with E-state index < -0.39 is 0 Å². The molecule has 0 fully saturated rings. The molecule has 0 radical (unpaired) electrons. The van der Waals surface area contributed by atoms with E-state index >= 15 is 0 Å². The van der Waals surface area contributed by atoms with E-state index in [4.69, 9.17) is 16.6 Å². The van der Waals surface area contributed by atoms with Crippen molar-refractivity contribution in [1.82, 2.24) is 25.4 Å². The highest BCUT2D eigenvalue weighted by Crippen LogP contribution is 2.30. The van der Waals surface area contributed by atoms with E-state index in [1.807, 2.05) is 6.92 Å². The lowest BCUT2D eigenvalue weighted by molar-refractivity contribution is 0.534. The molecule has 1 aromatic heterocycles. The number of guanidine groups is 1. The lowest BCUT2D eigenvalue weighted by Gasteiger charge is -2.25. The van der Waals surface area contributed by atoms with Crippen molar-refractivity contribution < 1.29 is 4.39 Å². The SMILES string of the molecule is CCNC(=NCC(C)(C)c1ccc(F)cc1Cl)NCCCc1nnc2n1CCCCC2.I. The molecule has 2 aromatic rings. The second kappa shape index (κ2) is 12.7. The highest BCUT2D eigenvalue weighted by atomic mass is 127. The van der Waals surface area contributed by atoms with Crippen LogP contribution >= 0.6 is 35.6 Å². The molecule has 0 amide bonds. The Balaban J connectivity index is 0.00000363. The molecule has 0 bridgehead atoms. The van der Waals surface area contributed by atoms with Gasteiger partial charge in [-0.15, -0.1) is 34.2 Å². The molecule has 0 saturated heterocycles. The summed E-state index contributed by atoms with van der Waals surface area (Å²) in [4.78, 5) is 4.75. The van der Waals surface area contributed by atoms with E-state index in [-0.39, 0.29) is 35.2 Å². The number of aryl methyl sites for hydroxylation is 2. The Hall–Kier alpha value is -1.42. The first-order chi connectivity index (χ1) is 14.9. The fourth-order valence-corrected chi connectivity index (χ4v) is 4.35. The smallest absolute Gasteiger partial charge is 0.191 e. The van der Waals surface area contributed by atoms with Crippen LogP contribution in [0.5, 0.6) is 0 Å². The Bertz CT molecular complexity index is 899. The zero-order chi connectivity index (χ0) is 22.3. The number of nitrogens with one attached hydrogen (secondary N) is 2. The van der Waals surface area contributed by atoms with Crippen LogP contribution in [-0.2, 0) is 24.8 Å². The summed E-state index contributed by atoms with van der Waals surface area (Å²) >= 11 is 6.27.